The van der Waals surface area contributed by atoms with Crippen LogP contribution in [-0.2, 0) is 22.1 Å². The number of nitrogens with zero attached hydrogens (tertiary/aromatic N) is 1. The van der Waals surface area contributed by atoms with Crippen LogP contribution in [-0.4, -0.2) is 45.7 Å². The molecule has 1 amide bonds. The summed E-state index contributed by atoms with van der Waals surface area (Å²) < 4.78 is 50.0. The van der Waals surface area contributed by atoms with E-state index in [4.69, 9.17) is 26.1 Å². The number of carbonyl (C=O) groups excluding carboxylic acids is 2. The highest BCUT2D eigenvalue weighted by atomic mass is 35.5. The second kappa shape index (κ2) is 13.1. The van der Waals surface area contributed by atoms with Gasteiger partial charge in [-0.25, -0.2) is 4.99 Å². The van der Waals surface area contributed by atoms with E-state index in [9.17, 15) is 22.8 Å². The van der Waals surface area contributed by atoms with Gasteiger partial charge in [-0.3, -0.25) is 9.59 Å². The fourth-order valence-electron chi connectivity index (χ4n) is 5.33. The number of Topliss-reactive ketones (excluding diaryl/α,β-unsaturated/α-hetero) is 1. The molecule has 2 aromatic rings. The first-order valence-electron chi connectivity index (χ1n) is 13.2. The first-order chi connectivity index (χ1) is 19.1. The van der Waals surface area contributed by atoms with Crippen molar-refractivity contribution in [3.63, 3.8) is 0 Å². The standard InChI is InChI=1S/C30H32ClF3N2O4/c1-39-13-11-22-23(29(38)35-12-14-40-2)8-10-27-24(22)17-21(36-27)7-4-18-3-5-19(15-18)28(37)20-6-9-26(31)25(16-20)30(32,33)34/h6-10,16-19H,3-5,11-15H2,1-2H3,(H,35,38)/b21-7-. The zero-order chi connectivity index (χ0) is 28.9. The molecule has 2 atom stereocenters. The van der Waals surface area contributed by atoms with Crippen molar-refractivity contribution in [3.05, 3.63) is 80.0 Å². The van der Waals surface area contributed by atoms with Crippen LogP contribution in [0, 0.1) is 11.8 Å². The molecule has 0 saturated heterocycles. The summed E-state index contributed by atoms with van der Waals surface area (Å²) in [5, 5.41) is 4.13. The Morgan fingerprint density at radius 1 is 1.12 bits per heavy atom. The van der Waals surface area contributed by atoms with Crippen LogP contribution < -0.4 is 15.9 Å². The van der Waals surface area contributed by atoms with Gasteiger partial charge < -0.3 is 14.8 Å². The molecule has 1 aliphatic heterocycles. The minimum atomic E-state index is -4.62. The first-order valence-corrected chi connectivity index (χ1v) is 13.6. The molecule has 0 spiro atoms. The number of halogens is 4. The highest BCUT2D eigenvalue weighted by Gasteiger charge is 2.35. The van der Waals surface area contributed by atoms with Crippen molar-refractivity contribution in [2.24, 2.45) is 16.8 Å². The molecule has 214 valence electrons. The fraction of sp³-hybridized carbons (Fsp3) is 0.433. The molecular weight excluding hydrogens is 545 g/mol. The van der Waals surface area contributed by atoms with Crippen LogP contribution in [0.5, 0.6) is 0 Å². The number of methoxy groups -OCH3 is 2. The fourth-order valence-corrected chi connectivity index (χ4v) is 5.55. The maximum atomic E-state index is 13.2. The van der Waals surface area contributed by atoms with Crippen molar-refractivity contribution in [1.82, 2.24) is 5.32 Å². The average molecular weight is 577 g/mol. The van der Waals surface area contributed by atoms with Crippen molar-refractivity contribution in [3.8, 4) is 0 Å². The number of allylic oxidation sites excluding steroid dienone is 2. The van der Waals surface area contributed by atoms with Crippen molar-refractivity contribution >= 4 is 29.4 Å². The minimum Gasteiger partial charge on any atom is -0.384 e. The summed E-state index contributed by atoms with van der Waals surface area (Å²) in [6.45, 7) is 1.28. The van der Waals surface area contributed by atoms with Gasteiger partial charge in [0.1, 0.15) is 0 Å². The van der Waals surface area contributed by atoms with E-state index in [-0.39, 0.29) is 29.1 Å². The van der Waals surface area contributed by atoms with Gasteiger partial charge in [0.25, 0.3) is 5.91 Å². The summed E-state index contributed by atoms with van der Waals surface area (Å²) >= 11 is 5.71. The molecule has 0 aromatic heterocycles. The number of fused-ring (bicyclic) bond motifs is 1. The normalized spacial score (nSPS) is 19.3. The number of carbonyl (C=O) groups is 2. The third-order valence-corrected chi connectivity index (χ3v) is 7.73. The van der Waals surface area contributed by atoms with E-state index in [0.29, 0.717) is 51.0 Å². The number of nitrogens with one attached hydrogen (secondary N) is 1. The SMILES string of the molecule is COCCNC(=O)c1ccc2c(c1CCOC)=C/C(=C/CC1CCC(C(=O)c3ccc(Cl)c(C(F)(F)F)c3)C1)N=2. The second-order valence-corrected chi connectivity index (χ2v) is 10.5. The van der Waals surface area contributed by atoms with E-state index in [1.165, 1.54) is 6.07 Å². The topological polar surface area (TPSA) is 77.0 Å². The van der Waals surface area contributed by atoms with Gasteiger partial charge in [0.15, 0.2) is 5.78 Å². The monoisotopic (exact) mass is 576 g/mol. The number of amides is 1. The molecule has 2 aromatic carbocycles. The number of ketones is 1. The third-order valence-electron chi connectivity index (χ3n) is 7.40. The Hall–Kier alpha value is -3.01. The van der Waals surface area contributed by atoms with Gasteiger partial charge in [0, 0.05) is 43.0 Å². The van der Waals surface area contributed by atoms with Crippen molar-refractivity contribution in [2.45, 2.75) is 38.3 Å². The van der Waals surface area contributed by atoms with Crippen LogP contribution in [0.1, 0.15) is 57.5 Å². The first kappa shape index (κ1) is 30.0. The Bertz CT molecular complexity index is 1420. The van der Waals surface area contributed by atoms with Gasteiger partial charge in [-0.2, -0.15) is 13.2 Å². The van der Waals surface area contributed by atoms with Gasteiger partial charge in [0.2, 0.25) is 0 Å². The lowest BCUT2D eigenvalue weighted by Gasteiger charge is -2.13. The maximum Gasteiger partial charge on any atom is 0.417 e. The number of rotatable bonds is 11. The molecule has 6 nitrogen and oxygen atoms in total. The van der Waals surface area contributed by atoms with Gasteiger partial charge >= 0.3 is 6.18 Å². The molecule has 10 heteroatoms. The smallest absolute Gasteiger partial charge is 0.384 e. The summed E-state index contributed by atoms with van der Waals surface area (Å²) in [5.74, 6) is -0.562. The highest BCUT2D eigenvalue weighted by molar-refractivity contribution is 6.31. The zero-order valence-corrected chi connectivity index (χ0v) is 23.2. The van der Waals surface area contributed by atoms with E-state index in [0.717, 1.165) is 40.4 Å². The highest BCUT2D eigenvalue weighted by Crippen LogP contribution is 2.38. The van der Waals surface area contributed by atoms with Crippen LogP contribution >= 0.6 is 11.6 Å². The number of hydrogen-bond donors (Lipinski definition) is 1. The molecule has 1 heterocycles. The predicted octanol–water partition coefficient (Wildman–Crippen LogP) is 4.91. The lowest BCUT2D eigenvalue weighted by molar-refractivity contribution is -0.137. The quantitative estimate of drug-likeness (QED) is 0.305. The molecule has 1 fully saturated rings. The van der Waals surface area contributed by atoms with Crippen LogP contribution in [0.3, 0.4) is 0 Å². The lowest BCUT2D eigenvalue weighted by atomic mass is 9.93. The van der Waals surface area contributed by atoms with E-state index >= 15 is 0 Å². The molecular formula is C30H32ClF3N2O4. The molecule has 2 unspecified atom stereocenters. The Kier molecular flexibility index (Phi) is 9.81. The molecule has 40 heavy (non-hydrogen) atoms. The van der Waals surface area contributed by atoms with E-state index < -0.39 is 16.8 Å². The number of ether oxygens (including phenoxy) is 2. The lowest BCUT2D eigenvalue weighted by Crippen LogP contribution is -2.34. The zero-order valence-electron chi connectivity index (χ0n) is 22.4. The molecule has 4 rings (SSSR count). The molecule has 2 aliphatic rings. The molecule has 1 N–H and O–H groups in total. The summed E-state index contributed by atoms with van der Waals surface area (Å²) in [6.07, 6.45) is 2.66. The van der Waals surface area contributed by atoms with Gasteiger partial charge in [-0.15, -0.1) is 0 Å². The molecule has 0 radical (unpaired) electrons. The van der Waals surface area contributed by atoms with Gasteiger partial charge in [0.05, 0.1) is 34.9 Å². The van der Waals surface area contributed by atoms with E-state index in [1.807, 2.05) is 18.2 Å². The summed E-state index contributed by atoms with van der Waals surface area (Å²) in [5.41, 5.74) is 1.29. The molecule has 1 saturated carbocycles. The van der Waals surface area contributed by atoms with Crippen molar-refractivity contribution in [1.29, 1.82) is 0 Å². The van der Waals surface area contributed by atoms with Crippen LogP contribution in [0.4, 0.5) is 13.2 Å². The Morgan fingerprint density at radius 2 is 1.90 bits per heavy atom. The van der Waals surface area contributed by atoms with Gasteiger partial charge in [-0.05, 0) is 80.0 Å². The van der Waals surface area contributed by atoms with E-state index in [2.05, 4.69) is 5.32 Å². The molecule has 1 aliphatic carbocycles. The summed E-state index contributed by atoms with van der Waals surface area (Å²) in [7, 11) is 3.19. The summed E-state index contributed by atoms with van der Waals surface area (Å²) in [6, 6.07) is 6.97. The van der Waals surface area contributed by atoms with Crippen LogP contribution in [0.2, 0.25) is 5.02 Å². The summed E-state index contributed by atoms with van der Waals surface area (Å²) in [4.78, 5) is 30.5. The van der Waals surface area contributed by atoms with E-state index in [1.54, 1.807) is 20.3 Å². The second-order valence-electron chi connectivity index (χ2n) is 10.1. The Balaban J connectivity index is 1.46. The van der Waals surface area contributed by atoms with Crippen LogP contribution in [0.15, 0.2) is 47.1 Å². The van der Waals surface area contributed by atoms with Crippen LogP contribution in [0.25, 0.3) is 6.08 Å². The average Bonchev–Trinajstić information content (AvgIpc) is 3.57. The minimum absolute atomic E-state index is 0.0426. The van der Waals surface area contributed by atoms with Gasteiger partial charge in [-0.1, -0.05) is 17.7 Å². The Labute approximate surface area is 235 Å². The van der Waals surface area contributed by atoms with Crippen molar-refractivity contribution < 1.29 is 32.2 Å². The number of hydrogen-bond acceptors (Lipinski definition) is 5. The Morgan fingerprint density at radius 3 is 2.62 bits per heavy atom. The largest absolute Gasteiger partial charge is 0.417 e. The third kappa shape index (κ3) is 7.00. The predicted molar refractivity (Wildman–Crippen MR) is 146 cm³/mol. The number of benzene rings is 2. The number of alkyl halides is 3. The van der Waals surface area contributed by atoms with Crippen molar-refractivity contribution in [2.75, 3.05) is 34.0 Å². The maximum absolute atomic E-state index is 13.2. The molecule has 0 bridgehead atoms.